The fourth-order valence-corrected chi connectivity index (χ4v) is 1.99. The van der Waals surface area contributed by atoms with Crippen LogP contribution >= 0.6 is 0 Å². The maximum absolute atomic E-state index is 10.9. The molecule has 0 atom stereocenters. The lowest BCUT2D eigenvalue weighted by Crippen LogP contribution is -1.97. The molecule has 0 bridgehead atoms. The molecule has 3 rings (SSSR count). The van der Waals surface area contributed by atoms with Crippen LogP contribution in [0.25, 0.3) is 10.9 Å². The molecule has 1 saturated carbocycles. The summed E-state index contributed by atoms with van der Waals surface area (Å²) in [6, 6.07) is 1.91. The SMILES string of the molecule is O=Cc1cn(CC2CC2)c2cnccc12. The van der Waals surface area contributed by atoms with Crippen molar-refractivity contribution in [3.8, 4) is 0 Å². The van der Waals surface area contributed by atoms with Crippen molar-refractivity contribution in [2.75, 3.05) is 0 Å². The Morgan fingerprint density at radius 3 is 3.13 bits per heavy atom. The van der Waals surface area contributed by atoms with Gasteiger partial charge in [-0.15, -0.1) is 0 Å². The number of pyridine rings is 1. The molecule has 1 aliphatic rings. The standard InChI is InChI=1S/C12H12N2O/c15-8-10-7-14(6-9-1-2-9)12-5-13-4-3-11(10)12/h3-5,7-9H,1-2,6H2. The van der Waals surface area contributed by atoms with E-state index in [4.69, 9.17) is 0 Å². The van der Waals surface area contributed by atoms with Crippen LogP contribution in [0.1, 0.15) is 23.2 Å². The van der Waals surface area contributed by atoms with Gasteiger partial charge in [0.25, 0.3) is 0 Å². The van der Waals surface area contributed by atoms with Gasteiger partial charge in [0, 0.05) is 29.9 Å². The molecule has 2 heterocycles. The molecular weight excluding hydrogens is 188 g/mol. The van der Waals surface area contributed by atoms with Gasteiger partial charge in [0.05, 0.1) is 11.7 Å². The first-order valence-electron chi connectivity index (χ1n) is 5.26. The first-order valence-corrected chi connectivity index (χ1v) is 5.26. The largest absolute Gasteiger partial charge is 0.345 e. The van der Waals surface area contributed by atoms with Crippen LogP contribution in [0.3, 0.4) is 0 Å². The first-order chi connectivity index (χ1) is 7.38. The van der Waals surface area contributed by atoms with Crippen LogP contribution in [-0.4, -0.2) is 15.8 Å². The highest BCUT2D eigenvalue weighted by Gasteiger charge is 2.22. The highest BCUT2D eigenvalue weighted by molar-refractivity contribution is 5.97. The van der Waals surface area contributed by atoms with E-state index < -0.39 is 0 Å². The van der Waals surface area contributed by atoms with E-state index in [1.807, 2.05) is 18.5 Å². The van der Waals surface area contributed by atoms with E-state index in [0.717, 1.165) is 35.2 Å². The fourth-order valence-electron chi connectivity index (χ4n) is 1.99. The number of nitrogens with zero attached hydrogens (tertiary/aromatic N) is 2. The molecule has 0 spiro atoms. The summed E-state index contributed by atoms with van der Waals surface area (Å²) < 4.78 is 2.16. The third-order valence-corrected chi connectivity index (χ3v) is 2.99. The van der Waals surface area contributed by atoms with E-state index in [-0.39, 0.29) is 0 Å². The summed E-state index contributed by atoms with van der Waals surface area (Å²) in [4.78, 5) is 15.0. The molecule has 0 N–H and O–H groups in total. The fraction of sp³-hybridized carbons (Fsp3) is 0.333. The number of fused-ring (bicyclic) bond motifs is 1. The highest BCUT2D eigenvalue weighted by Crippen LogP contribution is 2.32. The van der Waals surface area contributed by atoms with Gasteiger partial charge in [0.15, 0.2) is 6.29 Å². The summed E-state index contributed by atoms with van der Waals surface area (Å²) in [5.74, 6) is 0.806. The lowest BCUT2D eigenvalue weighted by Gasteiger charge is -2.01. The molecule has 0 saturated heterocycles. The predicted molar refractivity (Wildman–Crippen MR) is 57.8 cm³/mol. The Kier molecular flexibility index (Phi) is 1.84. The van der Waals surface area contributed by atoms with Crippen molar-refractivity contribution in [1.29, 1.82) is 0 Å². The van der Waals surface area contributed by atoms with Crippen LogP contribution in [-0.2, 0) is 6.54 Å². The van der Waals surface area contributed by atoms with E-state index in [1.54, 1.807) is 6.20 Å². The summed E-state index contributed by atoms with van der Waals surface area (Å²) >= 11 is 0. The van der Waals surface area contributed by atoms with Gasteiger partial charge < -0.3 is 4.57 Å². The third-order valence-electron chi connectivity index (χ3n) is 2.99. The van der Waals surface area contributed by atoms with Crippen LogP contribution in [0, 0.1) is 5.92 Å². The highest BCUT2D eigenvalue weighted by atomic mass is 16.1. The average Bonchev–Trinajstić information content (AvgIpc) is 3.01. The molecule has 2 aromatic rings. The molecule has 1 aliphatic carbocycles. The molecule has 0 aromatic carbocycles. The van der Waals surface area contributed by atoms with Gasteiger partial charge in [-0.25, -0.2) is 0 Å². The van der Waals surface area contributed by atoms with Crippen LogP contribution in [0.4, 0.5) is 0 Å². The summed E-state index contributed by atoms with van der Waals surface area (Å²) in [5, 5.41) is 1.01. The Bertz CT molecular complexity index is 511. The molecular formula is C12H12N2O. The maximum atomic E-state index is 10.9. The third kappa shape index (κ3) is 1.44. The summed E-state index contributed by atoms with van der Waals surface area (Å²) in [5.41, 5.74) is 1.85. The van der Waals surface area contributed by atoms with Gasteiger partial charge in [-0.2, -0.15) is 0 Å². The van der Waals surface area contributed by atoms with E-state index in [0.29, 0.717) is 0 Å². The zero-order valence-electron chi connectivity index (χ0n) is 8.39. The average molecular weight is 200 g/mol. The Morgan fingerprint density at radius 1 is 1.53 bits per heavy atom. The molecule has 0 unspecified atom stereocenters. The van der Waals surface area contributed by atoms with E-state index >= 15 is 0 Å². The number of aldehydes is 1. The van der Waals surface area contributed by atoms with Crippen LogP contribution < -0.4 is 0 Å². The van der Waals surface area contributed by atoms with Gasteiger partial charge in [0.1, 0.15) is 0 Å². The smallest absolute Gasteiger partial charge is 0.152 e. The van der Waals surface area contributed by atoms with Crippen LogP contribution in [0.2, 0.25) is 0 Å². The van der Waals surface area contributed by atoms with Gasteiger partial charge in [0.2, 0.25) is 0 Å². The van der Waals surface area contributed by atoms with Crippen molar-refractivity contribution >= 4 is 17.2 Å². The summed E-state index contributed by atoms with van der Waals surface area (Å²) in [6.07, 6.45) is 9.07. The predicted octanol–water partition coefficient (Wildman–Crippen LogP) is 2.26. The first kappa shape index (κ1) is 8.65. The summed E-state index contributed by atoms with van der Waals surface area (Å²) in [7, 11) is 0. The van der Waals surface area contributed by atoms with E-state index in [2.05, 4.69) is 9.55 Å². The second kappa shape index (κ2) is 3.19. The summed E-state index contributed by atoms with van der Waals surface area (Å²) in [6.45, 7) is 1.02. The van der Waals surface area contributed by atoms with Gasteiger partial charge in [-0.05, 0) is 24.8 Å². The van der Waals surface area contributed by atoms with E-state index in [9.17, 15) is 4.79 Å². The Morgan fingerprint density at radius 2 is 2.40 bits per heavy atom. The van der Waals surface area contributed by atoms with Gasteiger partial charge >= 0.3 is 0 Å². The molecule has 1 fully saturated rings. The second-order valence-corrected chi connectivity index (χ2v) is 4.19. The van der Waals surface area contributed by atoms with Crippen molar-refractivity contribution in [2.24, 2.45) is 5.92 Å². The molecule has 0 amide bonds. The Labute approximate surface area is 87.7 Å². The van der Waals surface area contributed by atoms with Crippen LogP contribution in [0.5, 0.6) is 0 Å². The monoisotopic (exact) mass is 200 g/mol. The number of rotatable bonds is 3. The number of carbonyl (C=O) groups is 1. The molecule has 3 nitrogen and oxygen atoms in total. The van der Waals surface area contributed by atoms with Crippen molar-refractivity contribution in [3.63, 3.8) is 0 Å². The molecule has 2 aromatic heterocycles. The number of aromatic nitrogens is 2. The zero-order valence-corrected chi connectivity index (χ0v) is 8.39. The lowest BCUT2D eigenvalue weighted by molar-refractivity contribution is 0.112. The van der Waals surface area contributed by atoms with E-state index in [1.165, 1.54) is 12.8 Å². The lowest BCUT2D eigenvalue weighted by atomic mass is 10.2. The Balaban J connectivity index is 2.15. The zero-order chi connectivity index (χ0) is 10.3. The normalized spacial score (nSPS) is 15.7. The van der Waals surface area contributed by atoms with Gasteiger partial charge in [-0.1, -0.05) is 0 Å². The Hall–Kier alpha value is -1.64. The quantitative estimate of drug-likeness (QED) is 0.712. The van der Waals surface area contributed by atoms with Crippen molar-refractivity contribution in [2.45, 2.75) is 19.4 Å². The van der Waals surface area contributed by atoms with Crippen molar-refractivity contribution in [3.05, 3.63) is 30.2 Å². The van der Waals surface area contributed by atoms with Gasteiger partial charge in [-0.3, -0.25) is 9.78 Å². The molecule has 3 heteroatoms. The minimum Gasteiger partial charge on any atom is -0.345 e. The number of hydrogen-bond acceptors (Lipinski definition) is 2. The minimum atomic E-state index is 0.771. The van der Waals surface area contributed by atoms with Crippen molar-refractivity contribution < 1.29 is 4.79 Å². The molecule has 0 radical (unpaired) electrons. The van der Waals surface area contributed by atoms with Crippen molar-refractivity contribution in [1.82, 2.24) is 9.55 Å². The molecule has 76 valence electrons. The molecule has 15 heavy (non-hydrogen) atoms. The number of carbonyl (C=O) groups excluding carboxylic acids is 1. The number of hydrogen-bond donors (Lipinski definition) is 0. The second-order valence-electron chi connectivity index (χ2n) is 4.19. The molecule has 0 aliphatic heterocycles. The topological polar surface area (TPSA) is 34.9 Å². The van der Waals surface area contributed by atoms with Crippen LogP contribution in [0.15, 0.2) is 24.7 Å². The minimum absolute atomic E-state index is 0.771. The maximum Gasteiger partial charge on any atom is 0.152 e.